The van der Waals surface area contributed by atoms with Gasteiger partial charge in [-0.3, -0.25) is 19.3 Å². The Morgan fingerprint density at radius 3 is 0.806 bits per heavy atom. The van der Waals surface area contributed by atoms with Crippen LogP contribution in [0.1, 0.15) is 329 Å². The minimum absolute atomic E-state index is 0.0437. The topological polar surface area (TPSA) is 82.1 Å². The van der Waals surface area contributed by atoms with Crippen LogP contribution in [-0.2, 0) is 28.6 Å². The third-order valence-corrected chi connectivity index (χ3v) is 15.4. The van der Waals surface area contributed by atoms with E-state index in [0.717, 1.165) is 75.6 Å². The van der Waals surface area contributed by atoms with Crippen LogP contribution in [0, 0.1) is 0 Å². The highest BCUT2D eigenvalue weighted by atomic mass is 16.5. The SMILES string of the molecule is CCCCCCCCCCCCCCCCCC[N+](C)(CCCN(CCOC(=O)CCCCCCCCCCC)CCOC(=O)CCCCCCCCCCC)CCOC(=O)CCCCCCCCCCC. The van der Waals surface area contributed by atoms with E-state index in [0.29, 0.717) is 52.2 Å². The van der Waals surface area contributed by atoms with Gasteiger partial charge in [0.05, 0.1) is 20.1 Å². The van der Waals surface area contributed by atoms with Crippen molar-refractivity contribution in [1.29, 1.82) is 0 Å². The molecule has 0 aliphatic rings. The van der Waals surface area contributed by atoms with Crippen LogP contribution in [0.5, 0.6) is 0 Å². The van der Waals surface area contributed by atoms with Crippen molar-refractivity contribution in [2.24, 2.45) is 0 Å². The minimum atomic E-state index is -0.0966. The Morgan fingerprint density at radius 1 is 0.278 bits per heavy atom. The molecule has 0 aliphatic carbocycles. The van der Waals surface area contributed by atoms with Gasteiger partial charge in [0.15, 0.2) is 0 Å². The molecule has 0 aromatic heterocycles. The van der Waals surface area contributed by atoms with E-state index in [1.807, 2.05) is 0 Å². The first-order chi connectivity index (χ1) is 35.3. The summed E-state index contributed by atoms with van der Waals surface area (Å²) in [5, 5.41) is 0. The number of likely N-dealkylation sites (N-methyl/N-ethyl adjacent to an activating group) is 1. The molecule has 0 rings (SSSR count). The summed E-state index contributed by atoms with van der Waals surface area (Å²) in [6.45, 7) is 15.3. The van der Waals surface area contributed by atoms with Gasteiger partial charge in [0.25, 0.3) is 0 Å². The zero-order valence-corrected chi connectivity index (χ0v) is 49.4. The maximum Gasteiger partial charge on any atom is 0.305 e. The molecule has 0 spiro atoms. The van der Waals surface area contributed by atoms with Gasteiger partial charge in [-0.2, -0.15) is 0 Å². The molecule has 8 heteroatoms. The Labute approximate surface area is 449 Å². The Balaban J connectivity index is 5.14. The number of nitrogens with zero attached hydrogens (tertiary/aromatic N) is 2. The molecular formula is C64H127N2O6+. The average molecular weight is 1020 g/mol. The van der Waals surface area contributed by atoms with Crippen molar-refractivity contribution >= 4 is 17.9 Å². The van der Waals surface area contributed by atoms with Gasteiger partial charge in [-0.15, -0.1) is 0 Å². The molecule has 72 heavy (non-hydrogen) atoms. The maximum absolute atomic E-state index is 12.8. The quantitative estimate of drug-likeness (QED) is 0.0260. The third-order valence-electron chi connectivity index (χ3n) is 15.4. The molecule has 0 bridgehead atoms. The number of carbonyl (C=O) groups is 3. The molecular weight excluding hydrogens is 893 g/mol. The Kier molecular flexibility index (Phi) is 55.7. The van der Waals surface area contributed by atoms with E-state index in [1.165, 1.54) is 238 Å². The predicted molar refractivity (Wildman–Crippen MR) is 310 cm³/mol. The van der Waals surface area contributed by atoms with Gasteiger partial charge >= 0.3 is 17.9 Å². The van der Waals surface area contributed by atoms with Crippen LogP contribution in [0.4, 0.5) is 0 Å². The minimum Gasteiger partial charge on any atom is -0.464 e. The second-order valence-corrected chi connectivity index (χ2v) is 22.7. The molecule has 0 saturated heterocycles. The number of carbonyl (C=O) groups excluding carboxylic acids is 3. The summed E-state index contributed by atoms with van der Waals surface area (Å²) in [7, 11) is 2.35. The summed E-state index contributed by atoms with van der Waals surface area (Å²) in [4.78, 5) is 40.6. The lowest BCUT2D eigenvalue weighted by Gasteiger charge is -2.35. The lowest BCUT2D eigenvalue weighted by atomic mass is 10.0. The van der Waals surface area contributed by atoms with Gasteiger partial charge in [-0.1, -0.05) is 272 Å². The molecule has 0 aliphatic heterocycles. The number of rotatable bonds is 60. The molecule has 1 unspecified atom stereocenters. The fourth-order valence-electron chi connectivity index (χ4n) is 10.3. The van der Waals surface area contributed by atoms with Crippen molar-refractivity contribution < 1.29 is 33.1 Å². The van der Waals surface area contributed by atoms with E-state index in [9.17, 15) is 14.4 Å². The zero-order valence-electron chi connectivity index (χ0n) is 49.4. The van der Waals surface area contributed by atoms with Crippen molar-refractivity contribution in [2.75, 3.05) is 66.1 Å². The zero-order chi connectivity index (χ0) is 52.5. The number of hydrogen-bond donors (Lipinski definition) is 0. The number of unbranched alkanes of at least 4 members (excludes halogenated alkanes) is 39. The van der Waals surface area contributed by atoms with Crippen molar-refractivity contribution in [3.8, 4) is 0 Å². The number of esters is 3. The lowest BCUT2D eigenvalue weighted by molar-refractivity contribution is -0.910. The van der Waals surface area contributed by atoms with E-state index < -0.39 is 0 Å². The van der Waals surface area contributed by atoms with Gasteiger partial charge in [0.1, 0.15) is 26.4 Å². The molecule has 1 atom stereocenters. The van der Waals surface area contributed by atoms with E-state index in [1.54, 1.807) is 0 Å². The number of ether oxygens (including phenoxy) is 3. The lowest BCUT2D eigenvalue weighted by Crippen LogP contribution is -2.49. The monoisotopic (exact) mass is 1020 g/mol. The van der Waals surface area contributed by atoms with Crippen LogP contribution in [0.15, 0.2) is 0 Å². The largest absolute Gasteiger partial charge is 0.464 e. The molecule has 0 amide bonds. The summed E-state index contributed by atoms with van der Waals surface area (Å²) >= 11 is 0. The first kappa shape index (κ1) is 70.3. The van der Waals surface area contributed by atoms with Crippen LogP contribution in [0.3, 0.4) is 0 Å². The first-order valence-electron chi connectivity index (χ1n) is 32.3. The summed E-state index contributed by atoms with van der Waals surface area (Å²) in [6.07, 6.45) is 57.6. The van der Waals surface area contributed by atoms with Crippen molar-refractivity contribution in [3.05, 3.63) is 0 Å². The molecule has 0 fully saturated rings. The van der Waals surface area contributed by atoms with Gasteiger partial charge in [-0.05, 0) is 32.1 Å². The first-order valence-corrected chi connectivity index (χ1v) is 32.3. The summed E-state index contributed by atoms with van der Waals surface area (Å²) in [5.41, 5.74) is 0. The molecule has 8 nitrogen and oxygen atoms in total. The molecule has 0 heterocycles. The van der Waals surface area contributed by atoms with Crippen molar-refractivity contribution in [3.63, 3.8) is 0 Å². The van der Waals surface area contributed by atoms with E-state index >= 15 is 0 Å². The third kappa shape index (κ3) is 53.2. The molecule has 428 valence electrons. The van der Waals surface area contributed by atoms with Crippen LogP contribution >= 0.6 is 0 Å². The van der Waals surface area contributed by atoms with E-state index in [4.69, 9.17) is 14.2 Å². The van der Waals surface area contributed by atoms with E-state index in [-0.39, 0.29) is 17.9 Å². The van der Waals surface area contributed by atoms with Gasteiger partial charge in [-0.25, -0.2) is 0 Å². The van der Waals surface area contributed by atoms with Crippen LogP contribution < -0.4 is 0 Å². The number of hydrogen-bond acceptors (Lipinski definition) is 7. The normalized spacial score (nSPS) is 12.4. The summed E-state index contributed by atoms with van der Waals surface area (Å²) in [5.74, 6) is -0.237. The molecule has 0 aromatic rings. The van der Waals surface area contributed by atoms with Crippen LogP contribution in [0.2, 0.25) is 0 Å². The fourth-order valence-corrected chi connectivity index (χ4v) is 10.3. The van der Waals surface area contributed by atoms with Crippen molar-refractivity contribution in [1.82, 2.24) is 4.90 Å². The van der Waals surface area contributed by atoms with Crippen LogP contribution in [0.25, 0.3) is 0 Å². The van der Waals surface area contributed by atoms with Crippen LogP contribution in [-0.4, -0.2) is 93.4 Å². The molecule has 0 N–H and O–H groups in total. The Hall–Kier alpha value is -1.67. The summed E-state index contributed by atoms with van der Waals surface area (Å²) < 4.78 is 18.3. The smallest absolute Gasteiger partial charge is 0.305 e. The van der Waals surface area contributed by atoms with Gasteiger partial charge in [0, 0.05) is 45.3 Å². The Bertz CT molecular complexity index is 1100. The second-order valence-electron chi connectivity index (χ2n) is 22.7. The fraction of sp³-hybridized carbons (Fsp3) is 0.953. The number of quaternary nitrogens is 1. The van der Waals surface area contributed by atoms with Crippen molar-refractivity contribution in [2.45, 2.75) is 329 Å². The predicted octanol–water partition coefficient (Wildman–Crippen LogP) is 18.8. The second kappa shape index (κ2) is 57.0. The maximum atomic E-state index is 12.8. The van der Waals surface area contributed by atoms with Gasteiger partial charge < -0.3 is 18.7 Å². The van der Waals surface area contributed by atoms with Gasteiger partial charge in [0.2, 0.25) is 0 Å². The average Bonchev–Trinajstić information content (AvgIpc) is 3.37. The highest BCUT2D eigenvalue weighted by Gasteiger charge is 2.23. The standard InChI is InChI=1S/C64H127N2O6/c1-6-10-14-18-22-26-27-28-29-30-31-32-36-40-44-48-56-66(5,58-61-72-64(69)52-47-43-39-35-25-21-17-13-9-4)57-49-53-65(54-59-70-62(67)50-45-41-37-33-23-19-15-11-7-2)55-60-71-63(68)51-46-42-38-34-24-20-16-12-8-3/h6-61H2,1-5H3/q+1. The molecule has 0 radical (unpaired) electrons. The Morgan fingerprint density at radius 2 is 0.514 bits per heavy atom. The van der Waals surface area contributed by atoms with E-state index in [2.05, 4.69) is 39.6 Å². The highest BCUT2D eigenvalue weighted by Crippen LogP contribution is 2.17. The highest BCUT2D eigenvalue weighted by molar-refractivity contribution is 5.69. The molecule has 0 aromatic carbocycles. The summed E-state index contributed by atoms with van der Waals surface area (Å²) in [6, 6.07) is 0. The molecule has 0 saturated carbocycles.